The van der Waals surface area contributed by atoms with Crippen LogP contribution in [0.15, 0.2) is 12.1 Å². The van der Waals surface area contributed by atoms with E-state index in [-0.39, 0.29) is 51.4 Å². The Morgan fingerprint density at radius 1 is 0.932 bits per heavy atom. The van der Waals surface area contributed by atoms with Crippen molar-refractivity contribution in [1.82, 2.24) is 0 Å². The second kappa shape index (κ2) is 16.6. The van der Waals surface area contributed by atoms with E-state index in [9.17, 15) is 28.8 Å². The van der Waals surface area contributed by atoms with E-state index in [4.69, 9.17) is 56.7 Å². The van der Waals surface area contributed by atoms with Gasteiger partial charge in [-0.25, -0.2) is 8.78 Å². The smallest absolute Gasteiger partial charge is 0.233 e. The van der Waals surface area contributed by atoms with Gasteiger partial charge in [-0.15, -0.1) is 0 Å². The molecule has 0 bridgehead atoms. The van der Waals surface area contributed by atoms with Crippen LogP contribution in [0.2, 0.25) is 10.0 Å². The van der Waals surface area contributed by atoms with E-state index < -0.39 is 40.8 Å². The molecule has 1 atom stereocenters. The summed E-state index contributed by atoms with van der Waals surface area (Å²) in [6, 6.07) is 2.66. The van der Waals surface area contributed by atoms with Crippen LogP contribution in [-0.4, -0.2) is 74.7 Å². The lowest BCUT2D eigenvalue weighted by atomic mass is 9.98. The Kier molecular flexibility index (Phi) is 14.1. The van der Waals surface area contributed by atoms with Crippen molar-refractivity contribution in [3.8, 4) is 11.5 Å². The largest absolute Gasteiger partial charge is 0.493 e. The highest BCUT2D eigenvalue weighted by Gasteiger charge is 2.40. The summed E-state index contributed by atoms with van der Waals surface area (Å²) in [6.07, 6.45) is -1.33. The van der Waals surface area contributed by atoms with Gasteiger partial charge in [0.1, 0.15) is 17.6 Å². The van der Waals surface area contributed by atoms with E-state index in [1.807, 2.05) is 0 Å². The molecule has 2 aliphatic heterocycles. The lowest BCUT2D eigenvalue weighted by Crippen LogP contribution is -2.25. The summed E-state index contributed by atoms with van der Waals surface area (Å²) < 4.78 is 61.1. The molecule has 4 rings (SSSR count). The Morgan fingerprint density at radius 3 is 1.75 bits per heavy atom. The number of nitrogens with zero attached hydrogens (tertiary/aromatic N) is 1. The molecule has 0 amide bonds. The SMILES string of the molecule is CCOc1c(C2(C)OCCO2)cc(Cl)c(F)c1C(O)C[N+](=O)[O-].CCOc1c(C2(C)OCCO2)cc(Cl)c(F)c1C=O.CO. The van der Waals surface area contributed by atoms with Crippen LogP contribution < -0.4 is 9.47 Å². The van der Waals surface area contributed by atoms with Crippen LogP contribution in [0.25, 0.3) is 0 Å². The van der Waals surface area contributed by atoms with Crippen molar-refractivity contribution in [2.24, 2.45) is 0 Å². The van der Waals surface area contributed by atoms with Gasteiger partial charge in [0.2, 0.25) is 6.54 Å². The fourth-order valence-electron chi connectivity index (χ4n) is 4.51. The number of halogens is 4. The molecule has 2 N–H and O–H groups in total. The van der Waals surface area contributed by atoms with Crippen molar-refractivity contribution in [2.75, 3.05) is 53.3 Å². The maximum Gasteiger partial charge on any atom is 0.233 e. The number of aliphatic hydroxyl groups is 2. The Balaban J connectivity index is 0.000000295. The minimum Gasteiger partial charge on any atom is -0.493 e. The standard InChI is InChI=1S/C14H17ClFNO6.C13H14ClFO4.CH4O/c1-3-21-13-8(14(2)22-4-5-23-14)6-9(15)12(16)11(13)10(18)7-17(19)20;1-3-17-12-8(7-16)11(15)10(14)6-9(12)13(2)18-4-5-19-13;1-2/h6,10,18H,3-5,7H2,1-2H3;6-7H,3-5H2,1-2H3;2H,1H3. The van der Waals surface area contributed by atoms with Crippen LogP contribution in [0.1, 0.15) is 60.8 Å². The first kappa shape index (κ1) is 37.5. The summed E-state index contributed by atoms with van der Waals surface area (Å²) in [5.41, 5.74) is 0.108. The van der Waals surface area contributed by atoms with Crippen molar-refractivity contribution < 1.29 is 57.1 Å². The van der Waals surface area contributed by atoms with E-state index in [1.54, 1.807) is 27.7 Å². The summed E-state index contributed by atoms with van der Waals surface area (Å²) >= 11 is 11.7. The molecule has 2 fully saturated rings. The molecule has 2 aliphatic rings. The number of aldehydes is 1. The van der Waals surface area contributed by atoms with Crippen LogP contribution in [-0.2, 0) is 30.5 Å². The number of hydrogen-bond donors (Lipinski definition) is 2. The minimum atomic E-state index is -1.71. The van der Waals surface area contributed by atoms with Gasteiger partial charge in [0.15, 0.2) is 29.5 Å². The summed E-state index contributed by atoms with van der Waals surface area (Å²) in [5.74, 6) is -4.01. The Hall–Kier alpha value is -2.69. The lowest BCUT2D eigenvalue weighted by molar-refractivity contribution is -0.491. The zero-order valence-corrected chi connectivity index (χ0v) is 26.3. The topological polar surface area (TPSA) is 156 Å². The van der Waals surface area contributed by atoms with Crippen molar-refractivity contribution in [2.45, 2.75) is 45.4 Å². The average molecular weight is 670 g/mol. The Labute approximate surface area is 262 Å². The molecule has 16 heteroatoms. The molecular formula is C28H35Cl2F2NO11. The Bertz CT molecular complexity index is 1300. The molecule has 0 saturated carbocycles. The first-order valence-electron chi connectivity index (χ1n) is 13.4. The van der Waals surface area contributed by atoms with Gasteiger partial charge in [0.05, 0.1) is 71.9 Å². The van der Waals surface area contributed by atoms with Gasteiger partial charge >= 0.3 is 0 Å². The third kappa shape index (κ3) is 8.31. The van der Waals surface area contributed by atoms with Crippen molar-refractivity contribution in [3.05, 3.63) is 66.2 Å². The molecule has 0 aromatic heterocycles. The highest BCUT2D eigenvalue weighted by atomic mass is 35.5. The highest BCUT2D eigenvalue weighted by molar-refractivity contribution is 6.31. The fourth-order valence-corrected chi connectivity index (χ4v) is 4.93. The van der Waals surface area contributed by atoms with Gasteiger partial charge in [-0.1, -0.05) is 23.2 Å². The molecule has 0 aliphatic carbocycles. The van der Waals surface area contributed by atoms with Gasteiger partial charge in [-0.05, 0) is 39.8 Å². The van der Waals surface area contributed by atoms with Crippen LogP contribution in [0.4, 0.5) is 8.78 Å². The van der Waals surface area contributed by atoms with E-state index in [2.05, 4.69) is 0 Å². The monoisotopic (exact) mass is 669 g/mol. The first-order valence-corrected chi connectivity index (χ1v) is 14.1. The summed E-state index contributed by atoms with van der Waals surface area (Å²) in [6.45, 7) is 7.72. The molecule has 246 valence electrons. The second-order valence-corrected chi connectivity index (χ2v) is 10.0. The molecule has 2 saturated heterocycles. The summed E-state index contributed by atoms with van der Waals surface area (Å²) in [4.78, 5) is 21.0. The van der Waals surface area contributed by atoms with Gasteiger partial charge in [-0.2, -0.15) is 0 Å². The number of carbonyl (C=O) groups is 1. The maximum atomic E-state index is 14.4. The van der Waals surface area contributed by atoms with Gasteiger partial charge in [0.25, 0.3) is 0 Å². The molecule has 2 heterocycles. The van der Waals surface area contributed by atoms with Crippen molar-refractivity contribution in [1.29, 1.82) is 0 Å². The minimum absolute atomic E-state index is 0.0480. The third-order valence-corrected chi connectivity index (χ3v) is 6.97. The van der Waals surface area contributed by atoms with Gasteiger partial charge < -0.3 is 38.6 Å². The number of benzene rings is 2. The molecule has 0 radical (unpaired) electrons. The molecular weight excluding hydrogens is 635 g/mol. The summed E-state index contributed by atoms with van der Waals surface area (Å²) in [7, 11) is 1.00. The number of hydrogen-bond acceptors (Lipinski definition) is 11. The molecule has 2 aromatic rings. The quantitative estimate of drug-likeness (QED) is 0.201. The number of ether oxygens (including phenoxy) is 6. The predicted molar refractivity (Wildman–Crippen MR) is 154 cm³/mol. The van der Waals surface area contributed by atoms with E-state index in [1.165, 1.54) is 12.1 Å². The number of rotatable bonds is 10. The predicted octanol–water partition coefficient (Wildman–Crippen LogP) is 4.93. The fraction of sp³-hybridized carbons (Fsp3) is 0.536. The Morgan fingerprint density at radius 2 is 1.34 bits per heavy atom. The second-order valence-electron chi connectivity index (χ2n) is 9.23. The first-order chi connectivity index (χ1) is 20.8. The lowest BCUT2D eigenvalue weighted by Gasteiger charge is -2.28. The number of aliphatic hydroxyl groups excluding tert-OH is 2. The van der Waals surface area contributed by atoms with E-state index in [0.717, 1.165) is 7.11 Å². The molecule has 2 aromatic carbocycles. The zero-order chi connectivity index (χ0) is 33.2. The van der Waals surface area contributed by atoms with Gasteiger partial charge in [-0.3, -0.25) is 14.9 Å². The van der Waals surface area contributed by atoms with E-state index >= 15 is 0 Å². The highest BCUT2D eigenvalue weighted by Crippen LogP contribution is 2.44. The zero-order valence-electron chi connectivity index (χ0n) is 24.8. The van der Waals surface area contributed by atoms with E-state index in [0.29, 0.717) is 38.3 Å². The van der Waals surface area contributed by atoms with Crippen LogP contribution in [0, 0.1) is 21.7 Å². The summed E-state index contributed by atoms with van der Waals surface area (Å²) in [5, 5.41) is 27.2. The molecule has 44 heavy (non-hydrogen) atoms. The van der Waals surface area contributed by atoms with Crippen LogP contribution >= 0.6 is 23.2 Å². The number of nitro groups is 1. The molecule has 1 unspecified atom stereocenters. The van der Waals surface area contributed by atoms with Crippen molar-refractivity contribution >= 4 is 29.5 Å². The molecule has 12 nitrogen and oxygen atoms in total. The van der Waals surface area contributed by atoms with Crippen LogP contribution in [0.3, 0.4) is 0 Å². The maximum absolute atomic E-state index is 14.4. The number of carbonyl (C=O) groups excluding carboxylic acids is 1. The average Bonchev–Trinajstić information content (AvgIpc) is 3.63. The van der Waals surface area contributed by atoms with Crippen molar-refractivity contribution in [3.63, 3.8) is 0 Å². The molecule has 0 spiro atoms. The van der Waals surface area contributed by atoms with Gasteiger partial charge in [0, 0.05) is 12.0 Å². The third-order valence-electron chi connectivity index (χ3n) is 6.42. The normalized spacial score (nSPS) is 17.1. The van der Waals surface area contributed by atoms with Crippen LogP contribution in [0.5, 0.6) is 11.5 Å².